The van der Waals surface area contributed by atoms with Gasteiger partial charge in [-0.1, -0.05) is 30.3 Å². The minimum Gasteiger partial charge on any atom is -0.369 e. The van der Waals surface area contributed by atoms with Crippen LogP contribution in [0.3, 0.4) is 0 Å². The molecule has 1 unspecified atom stereocenters. The zero-order valence-electron chi connectivity index (χ0n) is 17.0. The molecule has 4 rings (SSSR count). The predicted molar refractivity (Wildman–Crippen MR) is 114 cm³/mol. The Balaban J connectivity index is 1.65. The average Bonchev–Trinajstić information content (AvgIpc) is 2.79. The first-order valence-corrected chi connectivity index (χ1v) is 10.2. The van der Waals surface area contributed by atoms with E-state index in [2.05, 4.69) is 9.97 Å². The monoisotopic (exact) mass is 418 g/mol. The molecule has 0 spiro atoms. The first-order valence-electron chi connectivity index (χ1n) is 10.2. The number of benzene rings is 2. The molecule has 1 aromatic heterocycles. The lowest BCUT2D eigenvalue weighted by molar-refractivity contribution is -0.130. The number of aromatic nitrogens is 2. The van der Waals surface area contributed by atoms with E-state index in [0.29, 0.717) is 25.8 Å². The lowest BCUT2D eigenvalue weighted by atomic mass is 9.73. The van der Waals surface area contributed by atoms with E-state index in [1.807, 2.05) is 24.3 Å². The molecule has 0 saturated carbocycles. The molecule has 2 heterocycles. The van der Waals surface area contributed by atoms with Crippen molar-refractivity contribution in [3.63, 3.8) is 0 Å². The third kappa shape index (κ3) is 4.30. The molecule has 0 aliphatic carbocycles. The van der Waals surface area contributed by atoms with Crippen LogP contribution in [-0.4, -0.2) is 39.8 Å². The van der Waals surface area contributed by atoms with Gasteiger partial charge < -0.3 is 10.6 Å². The van der Waals surface area contributed by atoms with Crippen LogP contribution in [0.4, 0.5) is 4.39 Å². The van der Waals surface area contributed by atoms with Crippen molar-refractivity contribution >= 4 is 11.8 Å². The van der Waals surface area contributed by atoms with Crippen molar-refractivity contribution in [2.24, 2.45) is 11.1 Å². The second kappa shape index (κ2) is 8.63. The van der Waals surface area contributed by atoms with Gasteiger partial charge in [-0.3, -0.25) is 9.59 Å². The van der Waals surface area contributed by atoms with Gasteiger partial charge in [0.1, 0.15) is 12.1 Å². The van der Waals surface area contributed by atoms with Crippen molar-refractivity contribution in [2.75, 3.05) is 13.1 Å². The fourth-order valence-corrected chi connectivity index (χ4v) is 4.30. The number of piperidine rings is 1. The molecule has 6 nitrogen and oxygen atoms in total. The number of rotatable bonds is 5. The number of likely N-dealkylation sites (tertiary alicyclic amines) is 1. The molecule has 1 aliphatic rings. The predicted octanol–water partition coefficient (Wildman–Crippen LogP) is 3.23. The molecule has 2 N–H and O–H groups in total. The van der Waals surface area contributed by atoms with Gasteiger partial charge in [0.2, 0.25) is 5.91 Å². The summed E-state index contributed by atoms with van der Waals surface area (Å²) < 4.78 is 13.6. The Bertz CT molecular complexity index is 1110. The molecule has 3 aromatic rings. The molecule has 0 bridgehead atoms. The molecule has 158 valence electrons. The highest BCUT2D eigenvalue weighted by molar-refractivity contribution is 5.95. The van der Waals surface area contributed by atoms with Crippen LogP contribution in [-0.2, 0) is 11.2 Å². The standard InChI is InChI=1S/C24H23FN4O2/c25-20-7-3-6-17(11-20)22(30)29-10-4-9-24(15-29,23(26)31)12-18-5-1-2-8-21(18)19-13-27-16-28-14-19/h1-3,5-8,11,13-14,16H,4,9-10,12,15H2,(H2,26,31). The maximum absolute atomic E-state index is 13.6. The molecule has 2 aromatic carbocycles. The van der Waals surface area contributed by atoms with Crippen molar-refractivity contribution in [2.45, 2.75) is 19.3 Å². The van der Waals surface area contributed by atoms with Gasteiger partial charge >= 0.3 is 0 Å². The molecule has 7 heteroatoms. The summed E-state index contributed by atoms with van der Waals surface area (Å²) in [6.45, 7) is 0.690. The zero-order valence-corrected chi connectivity index (χ0v) is 17.0. The summed E-state index contributed by atoms with van der Waals surface area (Å²) in [5.74, 6) is -1.21. The molecule has 1 aliphatic heterocycles. The lowest BCUT2D eigenvalue weighted by Crippen LogP contribution is -2.53. The van der Waals surface area contributed by atoms with Gasteiger partial charge in [-0.2, -0.15) is 0 Å². The maximum atomic E-state index is 13.6. The SMILES string of the molecule is NC(=O)C1(Cc2ccccc2-c2cncnc2)CCCN(C(=O)c2cccc(F)c2)C1. The third-order valence-corrected chi connectivity index (χ3v) is 5.88. The largest absolute Gasteiger partial charge is 0.369 e. The van der Waals surface area contributed by atoms with Crippen LogP contribution in [0.25, 0.3) is 11.1 Å². The molecule has 1 saturated heterocycles. The fraction of sp³-hybridized carbons (Fsp3) is 0.250. The minimum atomic E-state index is -0.910. The van der Waals surface area contributed by atoms with Crippen molar-refractivity contribution in [3.05, 3.63) is 84.2 Å². The van der Waals surface area contributed by atoms with E-state index in [-0.39, 0.29) is 18.0 Å². The molecular weight excluding hydrogens is 395 g/mol. The summed E-state index contributed by atoms with van der Waals surface area (Å²) in [6.07, 6.45) is 6.52. The summed E-state index contributed by atoms with van der Waals surface area (Å²) in [7, 11) is 0. The second-order valence-electron chi connectivity index (χ2n) is 7.95. The van der Waals surface area contributed by atoms with Crippen LogP contribution in [0, 0.1) is 11.2 Å². The van der Waals surface area contributed by atoms with Gasteiger partial charge in [-0.15, -0.1) is 0 Å². The number of halogens is 1. The summed E-state index contributed by atoms with van der Waals surface area (Å²) in [6, 6.07) is 13.3. The summed E-state index contributed by atoms with van der Waals surface area (Å²) >= 11 is 0. The van der Waals surface area contributed by atoms with E-state index in [4.69, 9.17) is 5.73 Å². The Kier molecular flexibility index (Phi) is 5.75. The second-order valence-corrected chi connectivity index (χ2v) is 7.95. The van der Waals surface area contributed by atoms with Crippen LogP contribution in [0.5, 0.6) is 0 Å². The number of amides is 2. The highest BCUT2D eigenvalue weighted by atomic mass is 19.1. The first-order chi connectivity index (χ1) is 15.0. The normalized spacial score (nSPS) is 18.5. The minimum absolute atomic E-state index is 0.192. The zero-order chi connectivity index (χ0) is 21.8. The van der Waals surface area contributed by atoms with E-state index in [0.717, 1.165) is 16.7 Å². The van der Waals surface area contributed by atoms with Crippen molar-refractivity contribution < 1.29 is 14.0 Å². The Morgan fingerprint density at radius 1 is 1.10 bits per heavy atom. The number of nitrogens with zero attached hydrogens (tertiary/aromatic N) is 3. The van der Waals surface area contributed by atoms with Crippen LogP contribution in [0.1, 0.15) is 28.8 Å². The molecule has 2 amide bonds. The number of hydrogen-bond donors (Lipinski definition) is 1. The van der Waals surface area contributed by atoms with Crippen LogP contribution >= 0.6 is 0 Å². The van der Waals surface area contributed by atoms with Gasteiger partial charge in [0, 0.05) is 36.6 Å². The van der Waals surface area contributed by atoms with Crippen molar-refractivity contribution in [3.8, 4) is 11.1 Å². The smallest absolute Gasteiger partial charge is 0.253 e. The fourth-order valence-electron chi connectivity index (χ4n) is 4.30. The van der Waals surface area contributed by atoms with Gasteiger partial charge in [0.25, 0.3) is 5.91 Å². The maximum Gasteiger partial charge on any atom is 0.253 e. The average molecular weight is 418 g/mol. The number of carbonyl (C=O) groups is 2. The molecule has 31 heavy (non-hydrogen) atoms. The van der Waals surface area contributed by atoms with Crippen molar-refractivity contribution in [1.29, 1.82) is 0 Å². The lowest BCUT2D eigenvalue weighted by Gasteiger charge is -2.41. The summed E-state index contributed by atoms with van der Waals surface area (Å²) in [5.41, 5.74) is 7.98. The molecular formula is C24H23FN4O2. The first kappa shape index (κ1) is 20.7. The Labute approximate surface area is 179 Å². The Morgan fingerprint density at radius 3 is 2.61 bits per heavy atom. The van der Waals surface area contributed by atoms with Gasteiger partial charge in [-0.25, -0.2) is 14.4 Å². The van der Waals surface area contributed by atoms with Crippen LogP contribution in [0.15, 0.2) is 67.3 Å². The van der Waals surface area contributed by atoms with Crippen LogP contribution < -0.4 is 5.73 Å². The topological polar surface area (TPSA) is 89.2 Å². The number of carbonyl (C=O) groups excluding carboxylic acids is 2. The quantitative estimate of drug-likeness (QED) is 0.689. The Hall–Kier alpha value is -3.61. The molecule has 0 radical (unpaired) electrons. The number of primary amides is 1. The number of hydrogen-bond acceptors (Lipinski definition) is 4. The highest BCUT2D eigenvalue weighted by Crippen LogP contribution is 2.37. The van der Waals surface area contributed by atoms with E-state index in [1.54, 1.807) is 23.4 Å². The van der Waals surface area contributed by atoms with Gasteiger partial charge in [0.15, 0.2) is 0 Å². The summed E-state index contributed by atoms with van der Waals surface area (Å²) in [5, 5.41) is 0. The van der Waals surface area contributed by atoms with E-state index >= 15 is 0 Å². The third-order valence-electron chi connectivity index (χ3n) is 5.88. The van der Waals surface area contributed by atoms with Crippen LogP contribution in [0.2, 0.25) is 0 Å². The van der Waals surface area contributed by atoms with Gasteiger partial charge in [-0.05, 0) is 48.6 Å². The van der Waals surface area contributed by atoms with E-state index < -0.39 is 17.1 Å². The van der Waals surface area contributed by atoms with Gasteiger partial charge in [0.05, 0.1) is 5.41 Å². The van der Waals surface area contributed by atoms with E-state index in [1.165, 1.54) is 24.5 Å². The van der Waals surface area contributed by atoms with Crippen molar-refractivity contribution in [1.82, 2.24) is 14.9 Å². The highest BCUT2D eigenvalue weighted by Gasteiger charge is 2.42. The molecule has 1 fully saturated rings. The molecule has 1 atom stereocenters. The Morgan fingerprint density at radius 2 is 1.87 bits per heavy atom. The van der Waals surface area contributed by atoms with E-state index in [9.17, 15) is 14.0 Å². The summed E-state index contributed by atoms with van der Waals surface area (Å²) in [4.78, 5) is 35.5. The number of nitrogens with two attached hydrogens (primary N) is 1.